The minimum absolute atomic E-state index is 0.201. The summed E-state index contributed by atoms with van der Waals surface area (Å²) in [5.41, 5.74) is -2.83. The number of rotatable bonds is 3. The fourth-order valence-electron chi connectivity index (χ4n) is 6.73. The lowest BCUT2D eigenvalue weighted by Crippen LogP contribution is -2.65. The Kier molecular flexibility index (Phi) is 10.3. The van der Waals surface area contributed by atoms with E-state index in [0.29, 0.717) is 18.6 Å². The van der Waals surface area contributed by atoms with Crippen LogP contribution >= 0.6 is 0 Å². The zero-order valence-corrected chi connectivity index (χ0v) is 26.5. The summed E-state index contributed by atoms with van der Waals surface area (Å²) < 4.78 is 21.3. The highest BCUT2D eigenvalue weighted by molar-refractivity contribution is 5.88. The number of carbonyl (C=O) groups excluding carboxylic acids is 5. The third kappa shape index (κ3) is 6.14. The molecular weight excluding hydrogens is 560 g/mol. The fourth-order valence-corrected chi connectivity index (χ4v) is 6.73. The summed E-state index contributed by atoms with van der Waals surface area (Å²) in [6, 6.07) is 7.42. The van der Waals surface area contributed by atoms with Crippen molar-refractivity contribution in [3.8, 4) is 5.75 Å². The zero-order valence-electron chi connectivity index (χ0n) is 26.5. The van der Waals surface area contributed by atoms with Crippen LogP contribution in [0.25, 0.3) is 0 Å². The molecule has 0 N–H and O–H groups in total. The standard InChI is InChI=1S/C19H24O9.C9H10O2.C4H10/c1-9-5-6-17(3)13(24-8-20)15(22)27-28-19(16(23)25-9)12-10(2)14(21)26-11(12)7-18(17,19)4;1-7-5-3-4-6-9(7)11-8(2)10;1-4(2)3/h8-13H,5-7H2,1-4H3;3-6H,1-2H3;4H,1-3H3/t9?,10-,11?,12?,13?,17?,18?,19?;;/m0../s1. The molecule has 11 heteroatoms. The Bertz CT molecular complexity index is 1220. The van der Waals surface area contributed by atoms with Gasteiger partial charge in [0.2, 0.25) is 11.7 Å². The average Bonchev–Trinajstić information content (AvgIpc) is 3.31. The molecule has 0 spiro atoms. The molecule has 1 aliphatic carbocycles. The van der Waals surface area contributed by atoms with E-state index in [1.807, 2.05) is 25.1 Å². The van der Waals surface area contributed by atoms with E-state index >= 15 is 0 Å². The zero-order chi connectivity index (χ0) is 32.3. The number of esters is 3. The molecule has 0 amide bonds. The number of cyclic esters (lactones) is 1. The minimum atomic E-state index is -1.75. The van der Waals surface area contributed by atoms with E-state index in [-0.39, 0.29) is 18.9 Å². The number of carbonyl (C=O) groups is 5. The second-order valence-electron chi connectivity index (χ2n) is 12.9. The third-order valence-electron chi connectivity index (χ3n) is 9.01. The van der Waals surface area contributed by atoms with Gasteiger partial charge in [-0.25, -0.2) is 9.59 Å². The van der Waals surface area contributed by atoms with Crippen molar-refractivity contribution >= 4 is 30.3 Å². The van der Waals surface area contributed by atoms with E-state index in [1.165, 1.54) is 6.92 Å². The molecule has 1 aromatic rings. The van der Waals surface area contributed by atoms with E-state index in [0.717, 1.165) is 11.5 Å². The molecule has 3 aliphatic heterocycles. The summed E-state index contributed by atoms with van der Waals surface area (Å²) in [6.07, 6.45) is -1.18. The molecule has 1 saturated carbocycles. The van der Waals surface area contributed by atoms with Gasteiger partial charge in [0, 0.05) is 17.8 Å². The molecule has 3 heterocycles. The Morgan fingerprint density at radius 3 is 2.26 bits per heavy atom. The van der Waals surface area contributed by atoms with Gasteiger partial charge in [-0.2, -0.15) is 4.89 Å². The monoisotopic (exact) mass is 604 g/mol. The van der Waals surface area contributed by atoms with Crippen molar-refractivity contribution in [3.05, 3.63) is 29.8 Å². The maximum absolute atomic E-state index is 13.4. The van der Waals surface area contributed by atoms with Gasteiger partial charge in [0.15, 0.2) is 0 Å². The highest BCUT2D eigenvalue weighted by Crippen LogP contribution is 2.69. The largest absolute Gasteiger partial charge is 0.462 e. The van der Waals surface area contributed by atoms with Crippen molar-refractivity contribution < 1.29 is 52.7 Å². The predicted octanol–water partition coefficient (Wildman–Crippen LogP) is 4.66. The Balaban J connectivity index is 0.000000280. The van der Waals surface area contributed by atoms with Crippen LogP contribution in [0.3, 0.4) is 0 Å². The quantitative estimate of drug-likeness (QED) is 0.156. The molecule has 0 radical (unpaired) electrons. The average molecular weight is 605 g/mol. The number of aryl methyl sites for hydroxylation is 1. The van der Waals surface area contributed by atoms with Gasteiger partial charge >= 0.3 is 23.9 Å². The molecule has 3 saturated heterocycles. The van der Waals surface area contributed by atoms with Gasteiger partial charge < -0.3 is 18.9 Å². The lowest BCUT2D eigenvalue weighted by atomic mass is 9.52. The number of para-hydroxylation sites is 1. The van der Waals surface area contributed by atoms with E-state index in [2.05, 4.69) is 20.8 Å². The molecule has 238 valence electrons. The number of benzene rings is 1. The van der Waals surface area contributed by atoms with Gasteiger partial charge in [0.25, 0.3) is 6.47 Å². The molecule has 11 nitrogen and oxygen atoms in total. The lowest BCUT2D eigenvalue weighted by Gasteiger charge is -2.53. The van der Waals surface area contributed by atoms with Crippen LogP contribution in [0.15, 0.2) is 24.3 Å². The van der Waals surface area contributed by atoms with Crippen molar-refractivity contribution in [2.45, 2.75) is 105 Å². The van der Waals surface area contributed by atoms with Crippen LogP contribution < -0.4 is 4.74 Å². The normalized spacial score (nSPS) is 35.9. The number of hydrogen-bond acceptors (Lipinski definition) is 11. The van der Waals surface area contributed by atoms with E-state index in [1.54, 1.807) is 33.8 Å². The summed E-state index contributed by atoms with van der Waals surface area (Å²) in [7, 11) is 0. The summed E-state index contributed by atoms with van der Waals surface area (Å²) in [5.74, 6) is -2.16. The summed E-state index contributed by atoms with van der Waals surface area (Å²) in [4.78, 5) is 70.7. The summed E-state index contributed by atoms with van der Waals surface area (Å²) >= 11 is 0. The predicted molar refractivity (Wildman–Crippen MR) is 152 cm³/mol. The second kappa shape index (κ2) is 13.0. The maximum atomic E-state index is 13.4. The Morgan fingerprint density at radius 1 is 1.05 bits per heavy atom. The van der Waals surface area contributed by atoms with E-state index < -0.39 is 64.5 Å². The Labute approximate surface area is 252 Å². The molecule has 4 fully saturated rings. The smallest absolute Gasteiger partial charge is 0.383 e. The highest BCUT2D eigenvalue weighted by atomic mass is 17.2. The second-order valence-corrected chi connectivity index (χ2v) is 12.9. The number of ether oxygens (including phenoxy) is 4. The van der Waals surface area contributed by atoms with Crippen LogP contribution in [-0.4, -0.2) is 54.3 Å². The van der Waals surface area contributed by atoms with Crippen molar-refractivity contribution in [1.29, 1.82) is 0 Å². The third-order valence-corrected chi connectivity index (χ3v) is 9.01. The first-order valence-electron chi connectivity index (χ1n) is 14.7. The molecule has 5 rings (SSSR count). The molecule has 4 aliphatic rings. The Morgan fingerprint density at radius 2 is 1.67 bits per heavy atom. The molecule has 43 heavy (non-hydrogen) atoms. The molecular formula is C32H44O11. The molecule has 8 atom stereocenters. The van der Waals surface area contributed by atoms with Crippen LogP contribution in [0.5, 0.6) is 5.75 Å². The number of hydrogen-bond donors (Lipinski definition) is 0. The maximum Gasteiger partial charge on any atom is 0.383 e. The van der Waals surface area contributed by atoms with Crippen LogP contribution in [0, 0.1) is 35.5 Å². The van der Waals surface area contributed by atoms with Crippen LogP contribution in [0.4, 0.5) is 0 Å². The van der Waals surface area contributed by atoms with Crippen molar-refractivity contribution in [2.75, 3.05) is 0 Å². The van der Waals surface area contributed by atoms with Gasteiger partial charge in [-0.3, -0.25) is 19.3 Å². The molecule has 1 aromatic carbocycles. The molecule has 7 unspecified atom stereocenters. The van der Waals surface area contributed by atoms with Gasteiger partial charge in [0.05, 0.1) is 17.9 Å². The summed E-state index contributed by atoms with van der Waals surface area (Å²) in [6.45, 7) is 17.0. The first-order chi connectivity index (χ1) is 20.1. The van der Waals surface area contributed by atoms with Crippen LogP contribution in [0.2, 0.25) is 0 Å². The van der Waals surface area contributed by atoms with Gasteiger partial charge in [-0.15, -0.1) is 0 Å². The first kappa shape index (κ1) is 34.0. The highest BCUT2D eigenvalue weighted by Gasteiger charge is 2.81. The fraction of sp³-hybridized carbons (Fsp3) is 0.656. The van der Waals surface area contributed by atoms with E-state index in [4.69, 9.17) is 28.7 Å². The van der Waals surface area contributed by atoms with Gasteiger partial charge in [-0.05, 0) is 50.7 Å². The van der Waals surface area contributed by atoms with Crippen molar-refractivity contribution in [3.63, 3.8) is 0 Å². The molecule has 0 aromatic heterocycles. The van der Waals surface area contributed by atoms with Crippen LogP contribution in [0.1, 0.15) is 80.2 Å². The van der Waals surface area contributed by atoms with E-state index in [9.17, 15) is 24.0 Å². The van der Waals surface area contributed by atoms with Crippen LogP contribution in [-0.2, 0) is 48.0 Å². The van der Waals surface area contributed by atoms with Crippen molar-refractivity contribution in [1.82, 2.24) is 0 Å². The topological polar surface area (TPSA) is 141 Å². The number of fused-ring (bicyclic) bond motifs is 1. The minimum Gasteiger partial charge on any atom is -0.462 e. The SMILES string of the molecule is CC(=O)Oc1ccccc1C.CC(C)C.CC1CCC2(C)C(OC=O)C(=O)OOC3(C(=O)O1)C1C(CC23C)OC(=O)[C@H]1C. The summed E-state index contributed by atoms with van der Waals surface area (Å²) in [5, 5.41) is 0. The van der Waals surface area contributed by atoms with Gasteiger partial charge in [0.1, 0.15) is 11.9 Å². The lowest BCUT2D eigenvalue weighted by molar-refractivity contribution is -0.356. The van der Waals surface area contributed by atoms with Gasteiger partial charge in [-0.1, -0.05) is 59.7 Å². The Hall–Kier alpha value is -3.47. The molecule has 2 bridgehead atoms. The first-order valence-corrected chi connectivity index (χ1v) is 14.7. The van der Waals surface area contributed by atoms with Crippen molar-refractivity contribution in [2.24, 2.45) is 28.6 Å².